The first-order valence-electron chi connectivity index (χ1n) is 10.8. The normalized spacial score (nSPS) is 19.5. The number of benzene rings is 1. The molecule has 7 nitrogen and oxygen atoms in total. The maximum absolute atomic E-state index is 11.9. The fourth-order valence-electron chi connectivity index (χ4n) is 3.90. The molecule has 2 saturated heterocycles. The van der Waals surface area contributed by atoms with Crippen LogP contribution in [-0.2, 0) is 16.1 Å². The summed E-state index contributed by atoms with van der Waals surface area (Å²) < 4.78 is 0. The number of hydrogen-bond acceptors (Lipinski definition) is 4. The molecule has 2 N–H and O–H groups in total. The fourth-order valence-corrected chi connectivity index (χ4v) is 3.90. The lowest BCUT2D eigenvalue weighted by Crippen LogP contribution is -2.49. The van der Waals surface area contributed by atoms with Crippen molar-refractivity contribution in [2.45, 2.75) is 51.6 Å². The van der Waals surface area contributed by atoms with Gasteiger partial charge in [-0.15, -0.1) is 0 Å². The maximum Gasteiger partial charge on any atom is 0.229 e. The topological polar surface area (TPSA) is 77.0 Å². The van der Waals surface area contributed by atoms with Crippen molar-refractivity contribution < 1.29 is 9.59 Å². The van der Waals surface area contributed by atoms with E-state index >= 15 is 0 Å². The molecule has 0 aliphatic carbocycles. The molecule has 1 aromatic carbocycles. The molecular formula is C22H33N5O2. The molecule has 0 radical (unpaired) electrons. The van der Waals surface area contributed by atoms with Gasteiger partial charge in [-0.25, -0.2) is 0 Å². The smallest absolute Gasteiger partial charge is 0.229 e. The predicted molar refractivity (Wildman–Crippen MR) is 114 cm³/mol. The monoisotopic (exact) mass is 399 g/mol. The number of guanidine groups is 1. The third-order valence-corrected chi connectivity index (χ3v) is 5.50. The van der Waals surface area contributed by atoms with Crippen LogP contribution in [0, 0.1) is 0 Å². The molecular weight excluding hydrogens is 366 g/mol. The van der Waals surface area contributed by atoms with Gasteiger partial charge >= 0.3 is 0 Å². The number of imide groups is 1. The summed E-state index contributed by atoms with van der Waals surface area (Å²) in [7, 11) is 0. The van der Waals surface area contributed by atoms with E-state index < -0.39 is 0 Å². The highest BCUT2D eigenvalue weighted by atomic mass is 16.2. The van der Waals surface area contributed by atoms with E-state index in [-0.39, 0.29) is 11.8 Å². The van der Waals surface area contributed by atoms with E-state index in [1.165, 1.54) is 10.5 Å². The summed E-state index contributed by atoms with van der Waals surface area (Å²) in [6.45, 7) is 6.73. The van der Waals surface area contributed by atoms with Crippen molar-refractivity contribution in [1.29, 1.82) is 0 Å². The van der Waals surface area contributed by atoms with Crippen molar-refractivity contribution in [1.82, 2.24) is 20.4 Å². The van der Waals surface area contributed by atoms with E-state index in [0.717, 1.165) is 45.0 Å². The molecule has 158 valence electrons. The predicted octanol–water partition coefficient (Wildman–Crippen LogP) is 1.75. The summed E-state index contributed by atoms with van der Waals surface area (Å²) in [4.78, 5) is 32.3. The molecule has 0 aromatic heterocycles. The SMILES string of the molecule is CCNC(=NCCN1C(=O)CCCC1=O)NC1CCN(Cc2ccccc2)CC1. The zero-order valence-electron chi connectivity index (χ0n) is 17.4. The van der Waals surface area contributed by atoms with Crippen LogP contribution in [0.3, 0.4) is 0 Å². The largest absolute Gasteiger partial charge is 0.357 e. The van der Waals surface area contributed by atoms with Gasteiger partial charge in [0.15, 0.2) is 5.96 Å². The molecule has 0 spiro atoms. The quantitative estimate of drug-likeness (QED) is 0.415. The number of likely N-dealkylation sites (tertiary alicyclic amines) is 2. The van der Waals surface area contributed by atoms with Crippen LogP contribution in [-0.4, -0.2) is 66.3 Å². The molecule has 2 aliphatic heterocycles. The molecule has 1 aromatic rings. The number of nitrogens with zero attached hydrogens (tertiary/aromatic N) is 3. The average molecular weight is 400 g/mol. The second kappa shape index (κ2) is 11.0. The summed E-state index contributed by atoms with van der Waals surface area (Å²) in [6, 6.07) is 11.0. The standard InChI is InChI=1S/C22H33N5O2/c1-2-23-22(24-13-16-27-20(28)9-6-10-21(27)29)25-19-11-14-26(15-12-19)17-18-7-4-3-5-8-18/h3-5,7-8,19H,2,6,9-17H2,1H3,(H2,23,24,25). The lowest BCUT2D eigenvalue weighted by atomic mass is 10.0. The third-order valence-electron chi connectivity index (χ3n) is 5.50. The number of rotatable bonds is 7. The zero-order chi connectivity index (χ0) is 20.5. The number of aliphatic imine (C=N–C) groups is 1. The van der Waals surface area contributed by atoms with Crippen LogP contribution in [0.1, 0.15) is 44.6 Å². The zero-order valence-corrected chi connectivity index (χ0v) is 17.4. The first kappa shape index (κ1) is 21.3. The summed E-state index contributed by atoms with van der Waals surface area (Å²) in [5, 5.41) is 6.80. The molecule has 0 bridgehead atoms. The lowest BCUT2D eigenvalue weighted by Gasteiger charge is -2.33. The van der Waals surface area contributed by atoms with Gasteiger partial charge in [0.1, 0.15) is 0 Å². The van der Waals surface area contributed by atoms with E-state index in [4.69, 9.17) is 0 Å². The molecule has 3 rings (SSSR count). The Labute approximate surface area is 173 Å². The van der Waals surface area contributed by atoms with Gasteiger partial charge in [-0.2, -0.15) is 0 Å². The Bertz CT molecular complexity index is 682. The van der Waals surface area contributed by atoms with Crippen LogP contribution in [0.4, 0.5) is 0 Å². The van der Waals surface area contributed by atoms with Crippen LogP contribution in [0.2, 0.25) is 0 Å². The minimum absolute atomic E-state index is 0.0693. The van der Waals surface area contributed by atoms with Crippen molar-refractivity contribution in [3.8, 4) is 0 Å². The number of piperidine rings is 2. The first-order valence-corrected chi connectivity index (χ1v) is 10.8. The number of carbonyl (C=O) groups excluding carboxylic acids is 2. The van der Waals surface area contributed by atoms with Crippen LogP contribution in [0.5, 0.6) is 0 Å². The number of amides is 2. The highest BCUT2D eigenvalue weighted by Gasteiger charge is 2.25. The summed E-state index contributed by atoms with van der Waals surface area (Å²) >= 11 is 0. The molecule has 0 atom stereocenters. The minimum atomic E-state index is -0.0693. The molecule has 2 amide bonds. The molecule has 29 heavy (non-hydrogen) atoms. The van der Waals surface area contributed by atoms with Gasteiger partial charge in [-0.3, -0.25) is 24.4 Å². The average Bonchev–Trinajstić information content (AvgIpc) is 2.72. The molecule has 2 aliphatic rings. The van der Waals surface area contributed by atoms with Crippen LogP contribution < -0.4 is 10.6 Å². The Kier molecular flexibility index (Phi) is 8.04. The van der Waals surface area contributed by atoms with Crippen LogP contribution >= 0.6 is 0 Å². The Balaban J connectivity index is 1.44. The van der Waals surface area contributed by atoms with Gasteiger partial charge in [0.2, 0.25) is 11.8 Å². The Hall–Kier alpha value is -2.41. The Morgan fingerprint density at radius 1 is 1.10 bits per heavy atom. The molecule has 0 unspecified atom stereocenters. The van der Waals surface area contributed by atoms with Crippen molar-refractivity contribution in [2.24, 2.45) is 4.99 Å². The van der Waals surface area contributed by atoms with Crippen molar-refractivity contribution in [3.05, 3.63) is 35.9 Å². The van der Waals surface area contributed by atoms with Gasteiger partial charge in [0.25, 0.3) is 0 Å². The van der Waals surface area contributed by atoms with Crippen LogP contribution in [0.15, 0.2) is 35.3 Å². The van der Waals surface area contributed by atoms with Crippen molar-refractivity contribution >= 4 is 17.8 Å². The van der Waals surface area contributed by atoms with Gasteiger partial charge in [0, 0.05) is 51.6 Å². The fraction of sp³-hybridized carbons (Fsp3) is 0.591. The lowest BCUT2D eigenvalue weighted by molar-refractivity contribution is -0.147. The second-order valence-corrected chi connectivity index (χ2v) is 7.73. The highest BCUT2D eigenvalue weighted by Crippen LogP contribution is 2.14. The van der Waals surface area contributed by atoms with Crippen molar-refractivity contribution in [2.75, 3.05) is 32.7 Å². The van der Waals surface area contributed by atoms with E-state index in [9.17, 15) is 9.59 Å². The first-order chi connectivity index (χ1) is 14.2. The molecule has 2 heterocycles. The summed E-state index contributed by atoms with van der Waals surface area (Å²) in [6.07, 6.45) is 3.75. The van der Waals surface area contributed by atoms with Gasteiger partial charge in [-0.05, 0) is 31.7 Å². The Morgan fingerprint density at radius 3 is 2.45 bits per heavy atom. The second-order valence-electron chi connectivity index (χ2n) is 7.73. The van der Waals surface area contributed by atoms with Crippen LogP contribution in [0.25, 0.3) is 0 Å². The summed E-state index contributed by atoms with van der Waals surface area (Å²) in [5.74, 6) is 0.631. The Morgan fingerprint density at radius 2 is 1.79 bits per heavy atom. The molecule has 2 fully saturated rings. The van der Waals surface area contributed by atoms with E-state index in [2.05, 4.69) is 50.9 Å². The minimum Gasteiger partial charge on any atom is -0.357 e. The van der Waals surface area contributed by atoms with Crippen molar-refractivity contribution in [3.63, 3.8) is 0 Å². The molecule has 0 saturated carbocycles. The number of nitrogens with one attached hydrogen (secondary N) is 2. The van der Waals surface area contributed by atoms with Gasteiger partial charge < -0.3 is 10.6 Å². The van der Waals surface area contributed by atoms with E-state index in [1.807, 2.05) is 6.92 Å². The maximum atomic E-state index is 11.9. The third kappa shape index (κ3) is 6.56. The van der Waals surface area contributed by atoms with Gasteiger partial charge in [0.05, 0.1) is 6.54 Å². The van der Waals surface area contributed by atoms with E-state index in [0.29, 0.717) is 38.4 Å². The van der Waals surface area contributed by atoms with E-state index in [1.54, 1.807) is 0 Å². The highest BCUT2D eigenvalue weighted by molar-refractivity contribution is 5.97. The number of hydrogen-bond donors (Lipinski definition) is 2. The number of carbonyl (C=O) groups is 2. The molecule has 7 heteroatoms. The summed E-state index contributed by atoms with van der Waals surface area (Å²) in [5.41, 5.74) is 1.36. The van der Waals surface area contributed by atoms with Gasteiger partial charge in [-0.1, -0.05) is 30.3 Å².